The molecule has 0 amide bonds. The van der Waals surface area contributed by atoms with Crippen LogP contribution in [0.15, 0.2) is 62.3 Å². The normalized spacial score (nSPS) is 11.0. The number of para-hydroxylation sites is 1. The second kappa shape index (κ2) is 6.95. The number of aromatic nitrogens is 1. The number of ether oxygens (including phenoxy) is 2. The molecule has 7 nitrogen and oxygen atoms in total. The van der Waals surface area contributed by atoms with Crippen molar-refractivity contribution in [3.8, 4) is 5.75 Å². The highest BCUT2D eigenvalue weighted by atomic mass is 16.5. The molecule has 0 N–H and O–H groups in total. The monoisotopic (exact) mass is 365 g/mol. The molecule has 7 heteroatoms. The van der Waals surface area contributed by atoms with E-state index in [0.29, 0.717) is 33.6 Å². The van der Waals surface area contributed by atoms with E-state index >= 15 is 0 Å². The summed E-state index contributed by atoms with van der Waals surface area (Å²) < 4.78 is 20.8. The van der Waals surface area contributed by atoms with Crippen molar-refractivity contribution in [1.29, 1.82) is 0 Å². The number of esters is 1. The Hall–Kier alpha value is -3.61. The van der Waals surface area contributed by atoms with Crippen molar-refractivity contribution in [3.05, 3.63) is 70.2 Å². The Labute approximate surface area is 153 Å². The first-order valence-corrected chi connectivity index (χ1v) is 8.24. The van der Waals surface area contributed by atoms with Gasteiger partial charge in [-0.2, -0.15) is 0 Å². The van der Waals surface area contributed by atoms with Crippen LogP contribution in [-0.4, -0.2) is 18.2 Å². The van der Waals surface area contributed by atoms with E-state index in [9.17, 15) is 9.59 Å². The number of carbonyl (C=O) groups is 1. The third-order valence-electron chi connectivity index (χ3n) is 4.19. The molecular weight excluding hydrogens is 350 g/mol. The summed E-state index contributed by atoms with van der Waals surface area (Å²) in [5, 5.41) is 5.37. The number of fused-ring (bicyclic) bond motifs is 2. The fraction of sp³-hybridized carbons (Fsp3) is 0.150. The molecule has 0 bridgehead atoms. The Kier molecular flexibility index (Phi) is 4.33. The number of rotatable bonds is 5. The fourth-order valence-electron chi connectivity index (χ4n) is 2.87. The van der Waals surface area contributed by atoms with Crippen LogP contribution in [0.2, 0.25) is 0 Å². The van der Waals surface area contributed by atoms with E-state index in [-0.39, 0.29) is 13.0 Å². The Balaban J connectivity index is 1.53. The Morgan fingerprint density at radius 3 is 2.78 bits per heavy atom. The Bertz CT molecular complexity index is 1190. The molecule has 0 aliphatic heterocycles. The largest absolute Gasteiger partial charge is 0.497 e. The van der Waals surface area contributed by atoms with E-state index in [1.54, 1.807) is 24.3 Å². The maximum Gasteiger partial charge on any atom is 0.336 e. The highest BCUT2D eigenvalue weighted by molar-refractivity contribution is 5.84. The van der Waals surface area contributed by atoms with Gasteiger partial charge in [0.15, 0.2) is 5.58 Å². The smallest absolute Gasteiger partial charge is 0.336 e. The summed E-state index contributed by atoms with van der Waals surface area (Å²) in [6.07, 6.45) is -0.0236. The second-order valence-electron chi connectivity index (χ2n) is 5.92. The fourth-order valence-corrected chi connectivity index (χ4v) is 2.87. The van der Waals surface area contributed by atoms with Crippen LogP contribution in [0.5, 0.6) is 5.75 Å². The lowest BCUT2D eigenvalue weighted by atomic mass is 10.1. The molecular formula is C20H15NO6. The van der Waals surface area contributed by atoms with Gasteiger partial charge in [-0.1, -0.05) is 17.3 Å². The molecule has 0 saturated heterocycles. The van der Waals surface area contributed by atoms with Gasteiger partial charge in [-0.25, -0.2) is 4.79 Å². The molecule has 136 valence electrons. The van der Waals surface area contributed by atoms with E-state index in [4.69, 9.17) is 18.4 Å². The zero-order valence-electron chi connectivity index (χ0n) is 14.4. The van der Waals surface area contributed by atoms with Crippen LogP contribution in [-0.2, 0) is 22.6 Å². The molecule has 4 aromatic rings. The third-order valence-corrected chi connectivity index (χ3v) is 4.19. The molecule has 0 saturated carbocycles. The van der Waals surface area contributed by atoms with Gasteiger partial charge in [0.1, 0.15) is 23.6 Å². The maximum atomic E-state index is 12.2. The van der Waals surface area contributed by atoms with Crippen LogP contribution in [0.4, 0.5) is 0 Å². The van der Waals surface area contributed by atoms with Gasteiger partial charge < -0.3 is 18.4 Å². The van der Waals surface area contributed by atoms with Crippen molar-refractivity contribution in [3.63, 3.8) is 0 Å². The Morgan fingerprint density at radius 2 is 1.93 bits per heavy atom. The van der Waals surface area contributed by atoms with Crippen LogP contribution in [0, 0.1) is 0 Å². The molecule has 0 aliphatic carbocycles. The molecule has 4 rings (SSSR count). The van der Waals surface area contributed by atoms with Crippen molar-refractivity contribution in [1.82, 2.24) is 5.16 Å². The summed E-state index contributed by atoms with van der Waals surface area (Å²) in [4.78, 5) is 24.0. The number of nitrogens with zero attached hydrogens (tertiary/aromatic N) is 1. The molecule has 2 aromatic heterocycles. The van der Waals surface area contributed by atoms with Gasteiger partial charge in [-0.15, -0.1) is 0 Å². The van der Waals surface area contributed by atoms with Crippen molar-refractivity contribution in [2.75, 3.05) is 7.11 Å². The minimum Gasteiger partial charge on any atom is -0.497 e. The van der Waals surface area contributed by atoms with Gasteiger partial charge in [0.05, 0.1) is 13.5 Å². The third kappa shape index (κ3) is 3.39. The van der Waals surface area contributed by atoms with Crippen molar-refractivity contribution < 1.29 is 23.2 Å². The van der Waals surface area contributed by atoms with Crippen molar-refractivity contribution in [2.45, 2.75) is 13.0 Å². The number of hydrogen-bond acceptors (Lipinski definition) is 7. The summed E-state index contributed by atoms with van der Waals surface area (Å²) in [5.74, 6) is 0.0988. The summed E-state index contributed by atoms with van der Waals surface area (Å²) in [7, 11) is 1.53. The second-order valence-corrected chi connectivity index (χ2v) is 5.92. The SMILES string of the molecule is COc1ccc2c(COC(=O)Cc3noc4ccccc34)cc(=O)oc2c1. The highest BCUT2D eigenvalue weighted by Crippen LogP contribution is 2.23. The molecule has 0 spiro atoms. The molecule has 0 atom stereocenters. The van der Waals surface area contributed by atoms with E-state index in [2.05, 4.69) is 5.16 Å². The predicted molar refractivity (Wildman–Crippen MR) is 96.5 cm³/mol. The molecule has 0 fully saturated rings. The van der Waals surface area contributed by atoms with Crippen LogP contribution in [0.3, 0.4) is 0 Å². The van der Waals surface area contributed by atoms with Crippen LogP contribution < -0.4 is 10.4 Å². The first-order chi connectivity index (χ1) is 13.1. The average Bonchev–Trinajstić information content (AvgIpc) is 3.08. The molecule has 0 aliphatic rings. The summed E-state index contributed by atoms with van der Waals surface area (Å²) in [5.41, 5.74) is 1.53. The minimum absolute atomic E-state index is 0.0236. The van der Waals surface area contributed by atoms with E-state index in [1.807, 2.05) is 18.2 Å². The van der Waals surface area contributed by atoms with Gasteiger partial charge >= 0.3 is 11.6 Å². The maximum absolute atomic E-state index is 12.2. The van der Waals surface area contributed by atoms with E-state index in [0.717, 1.165) is 5.39 Å². The summed E-state index contributed by atoms with van der Waals surface area (Å²) in [6.45, 7) is -0.0525. The van der Waals surface area contributed by atoms with Crippen molar-refractivity contribution in [2.24, 2.45) is 0 Å². The van der Waals surface area contributed by atoms with Crippen LogP contribution in [0.25, 0.3) is 21.9 Å². The Morgan fingerprint density at radius 1 is 1.07 bits per heavy atom. The number of benzene rings is 2. The molecule has 0 radical (unpaired) electrons. The van der Waals surface area contributed by atoms with Crippen molar-refractivity contribution >= 4 is 27.9 Å². The molecule has 2 heterocycles. The summed E-state index contributed by atoms with van der Waals surface area (Å²) >= 11 is 0. The lowest BCUT2D eigenvalue weighted by Gasteiger charge is -2.08. The predicted octanol–water partition coefficient (Wildman–Crippen LogP) is 3.23. The first-order valence-electron chi connectivity index (χ1n) is 8.24. The van der Waals surface area contributed by atoms with E-state index in [1.165, 1.54) is 13.2 Å². The quantitative estimate of drug-likeness (QED) is 0.396. The first kappa shape index (κ1) is 16.8. The number of methoxy groups -OCH3 is 1. The van der Waals surface area contributed by atoms with Gasteiger partial charge in [0.2, 0.25) is 0 Å². The van der Waals surface area contributed by atoms with Gasteiger partial charge in [0.25, 0.3) is 0 Å². The van der Waals surface area contributed by atoms with Gasteiger partial charge in [-0.3, -0.25) is 4.79 Å². The minimum atomic E-state index is -0.524. The van der Waals surface area contributed by atoms with Gasteiger partial charge in [-0.05, 0) is 24.3 Å². The molecule has 2 aromatic carbocycles. The lowest BCUT2D eigenvalue weighted by molar-refractivity contribution is -0.144. The lowest BCUT2D eigenvalue weighted by Crippen LogP contribution is -2.10. The molecule has 27 heavy (non-hydrogen) atoms. The standard InChI is InChI=1S/C20H15NO6/c1-24-13-6-7-14-12(8-20(23)26-18(14)9-13)11-25-19(22)10-16-15-4-2-3-5-17(15)27-21-16/h2-9H,10-11H2,1H3. The van der Waals surface area contributed by atoms with Crippen LogP contribution in [0.1, 0.15) is 11.3 Å². The zero-order valence-corrected chi connectivity index (χ0v) is 14.4. The zero-order chi connectivity index (χ0) is 18.8. The van der Waals surface area contributed by atoms with Gasteiger partial charge in [0, 0.05) is 28.5 Å². The average molecular weight is 365 g/mol. The number of hydrogen-bond donors (Lipinski definition) is 0. The summed E-state index contributed by atoms with van der Waals surface area (Å²) in [6, 6.07) is 13.7. The topological polar surface area (TPSA) is 91.8 Å². The molecule has 0 unspecified atom stereocenters. The van der Waals surface area contributed by atoms with E-state index < -0.39 is 11.6 Å². The van der Waals surface area contributed by atoms with Crippen LogP contribution >= 0.6 is 0 Å². The number of carbonyl (C=O) groups excluding carboxylic acids is 1. The highest BCUT2D eigenvalue weighted by Gasteiger charge is 2.14.